The van der Waals surface area contributed by atoms with E-state index in [1.54, 1.807) is 31.2 Å². The van der Waals surface area contributed by atoms with E-state index >= 15 is 0 Å². The molecule has 0 spiro atoms. The molecule has 1 aromatic carbocycles. The Kier molecular flexibility index (Phi) is 5.47. The number of aromatic nitrogens is 6. The third-order valence-electron chi connectivity index (χ3n) is 4.09. The molecule has 3 aromatic heterocycles. The number of methoxy groups -OCH3 is 2. The third kappa shape index (κ3) is 4.09. The zero-order chi connectivity index (χ0) is 20.2. The number of rotatable bonds is 8. The fourth-order valence-electron chi connectivity index (χ4n) is 2.66. The van der Waals surface area contributed by atoms with Crippen LogP contribution >= 0.6 is 11.8 Å². The maximum absolute atomic E-state index is 5.65. The highest BCUT2D eigenvalue weighted by molar-refractivity contribution is 7.98. The minimum atomic E-state index is 0.391. The molecule has 0 aliphatic heterocycles. The van der Waals surface area contributed by atoms with Gasteiger partial charge >= 0.3 is 0 Å². The molecule has 0 bridgehead atoms. The van der Waals surface area contributed by atoms with E-state index in [1.807, 2.05) is 25.1 Å². The van der Waals surface area contributed by atoms with Crippen LogP contribution in [0.1, 0.15) is 17.5 Å². The number of hydrogen-bond acceptors (Lipinski definition) is 10. The number of benzene rings is 1. The van der Waals surface area contributed by atoms with E-state index in [0.29, 0.717) is 52.2 Å². The molecule has 150 valence electrons. The summed E-state index contributed by atoms with van der Waals surface area (Å²) in [5, 5.41) is 16.7. The van der Waals surface area contributed by atoms with Crippen LogP contribution in [0.25, 0.3) is 11.4 Å². The van der Waals surface area contributed by atoms with Crippen molar-refractivity contribution in [2.45, 2.75) is 24.4 Å². The van der Waals surface area contributed by atoms with Gasteiger partial charge in [0.25, 0.3) is 5.22 Å². The van der Waals surface area contributed by atoms with Gasteiger partial charge in [0, 0.05) is 11.9 Å². The lowest BCUT2D eigenvalue weighted by Gasteiger charge is -2.09. The first-order chi connectivity index (χ1) is 14.2. The molecule has 0 unspecified atom stereocenters. The van der Waals surface area contributed by atoms with Crippen LogP contribution in [0, 0.1) is 6.92 Å². The Balaban J connectivity index is 1.42. The number of aryl methyl sites for hydroxylation is 1. The van der Waals surface area contributed by atoms with Crippen LogP contribution in [-0.4, -0.2) is 44.3 Å². The zero-order valence-electron chi connectivity index (χ0n) is 16.0. The first-order valence-electron chi connectivity index (χ1n) is 8.65. The van der Waals surface area contributed by atoms with Crippen molar-refractivity contribution >= 4 is 11.8 Å². The zero-order valence-corrected chi connectivity index (χ0v) is 16.8. The summed E-state index contributed by atoms with van der Waals surface area (Å²) in [5.74, 6) is 2.85. The normalized spacial score (nSPS) is 11.0. The summed E-state index contributed by atoms with van der Waals surface area (Å²) in [6, 6.07) is 7.39. The predicted octanol–water partition coefficient (Wildman–Crippen LogP) is 2.98. The number of thioether (sulfide) groups is 1. The number of hydrogen-bond donors (Lipinski definition) is 0. The minimum Gasteiger partial charge on any atom is -0.493 e. The van der Waals surface area contributed by atoms with Gasteiger partial charge < -0.3 is 18.4 Å². The maximum atomic E-state index is 5.65. The molecule has 0 aliphatic carbocycles. The van der Waals surface area contributed by atoms with Crippen LogP contribution in [0.4, 0.5) is 0 Å². The van der Waals surface area contributed by atoms with Crippen molar-refractivity contribution in [2.75, 3.05) is 14.2 Å². The summed E-state index contributed by atoms with van der Waals surface area (Å²) in [5.41, 5.74) is 1.70. The predicted molar refractivity (Wildman–Crippen MR) is 103 cm³/mol. The van der Waals surface area contributed by atoms with Crippen molar-refractivity contribution in [3.05, 3.63) is 47.9 Å². The molecule has 10 nitrogen and oxygen atoms in total. The second kappa shape index (κ2) is 8.35. The molecule has 0 saturated carbocycles. The molecule has 3 heterocycles. The molecule has 0 amide bonds. The van der Waals surface area contributed by atoms with Crippen molar-refractivity contribution in [1.82, 2.24) is 30.1 Å². The number of ether oxygens (including phenoxy) is 2. The first-order valence-corrected chi connectivity index (χ1v) is 9.64. The van der Waals surface area contributed by atoms with E-state index in [-0.39, 0.29) is 0 Å². The van der Waals surface area contributed by atoms with Gasteiger partial charge in [0.15, 0.2) is 11.5 Å². The summed E-state index contributed by atoms with van der Waals surface area (Å²) < 4.78 is 23.5. The van der Waals surface area contributed by atoms with Gasteiger partial charge in [0.05, 0.1) is 25.5 Å². The van der Waals surface area contributed by atoms with Gasteiger partial charge in [0.2, 0.25) is 17.6 Å². The molecule has 0 atom stereocenters. The Hall–Kier alpha value is -3.34. The molecular formula is C18H18N6O4S. The molecule has 0 N–H and O–H groups in total. The highest BCUT2D eigenvalue weighted by atomic mass is 32.2. The Morgan fingerprint density at radius 3 is 2.76 bits per heavy atom. The summed E-state index contributed by atoms with van der Waals surface area (Å²) >= 11 is 1.32. The Morgan fingerprint density at radius 1 is 1.10 bits per heavy atom. The number of nitrogens with zero attached hydrogens (tertiary/aromatic N) is 6. The van der Waals surface area contributed by atoms with Gasteiger partial charge in [-0.15, -0.1) is 10.2 Å². The van der Waals surface area contributed by atoms with Crippen LogP contribution < -0.4 is 9.47 Å². The monoisotopic (exact) mass is 414 g/mol. The van der Waals surface area contributed by atoms with Gasteiger partial charge in [-0.1, -0.05) is 23.0 Å². The average Bonchev–Trinajstić information content (AvgIpc) is 3.48. The van der Waals surface area contributed by atoms with Crippen molar-refractivity contribution in [3.63, 3.8) is 0 Å². The SMILES string of the molecule is COc1cccc(-c2noc(CSc3nnc(Cn4nccc4C)o3)n2)c1OC. The molecule has 11 heteroatoms. The van der Waals surface area contributed by atoms with Crippen LogP contribution in [-0.2, 0) is 12.3 Å². The lowest BCUT2D eigenvalue weighted by molar-refractivity contribution is 0.355. The van der Waals surface area contributed by atoms with Gasteiger partial charge in [-0.05, 0) is 25.1 Å². The van der Waals surface area contributed by atoms with E-state index in [4.69, 9.17) is 18.4 Å². The Morgan fingerprint density at radius 2 is 2.00 bits per heavy atom. The Labute approximate surface area is 170 Å². The average molecular weight is 414 g/mol. The van der Waals surface area contributed by atoms with E-state index in [0.717, 1.165) is 5.69 Å². The van der Waals surface area contributed by atoms with Crippen LogP contribution in [0.5, 0.6) is 11.5 Å². The van der Waals surface area contributed by atoms with Crippen LogP contribution in [0.3, 0.4) is 0 Å². The quantitative estimate of drug-likeness (QED) is 0.399. The van der Waals surface area contributed by atoms with Crippen molar-refractivity contribution < 1.29 is 18.4 Å². The van der Waals surface area contributed by atoms with Gasteiger partial charge in [-0.25, -0.2) is 0 Å². The second-order valence-corrected chi connectivity index (χ2v) is 6.86. The molecule has 4 aromatic rings. The molecule has 0 radical (unpaired) electrons. The summed E-state index contributed by atoms with van der Waals surface area (Å²) in [7, 11) is 3.14. The van der Waals surface area contributed by atoms with E-state index < -0.39 is 0 Å². The lowest BCUT2D eigenvalue weighted by atomic mass is 10.2. The first kappa shape index (κ1) is 19.0. The van der Waals surface area contributed by atoms with Gasteiger partial charge in [-0.3, -0.25) is 4.68 Å². The second-order valence-electron chi connectivity index (χ2n) is 5.93. The van der Waals surface area contributed by atoms with E-state index in [2.05, 4.69) is 25.4 Å². The standard InChI is InChI=1S/C18H18N6O4S/c1-11-7-8-19-24(11)9-14-21-22-18(27-14)29-10-15-20-17(23-28-15)12-5-4-6-13(25-2)16(12)26-3/h4-8H,9-10H2,1-3H3. The van der Waals surface area contributed by atoms with Crippen molar-refractivity contribution in [3.8, 4) is 22.9 Å². The molecular weight excluding hydrogens is 396 g/mol. The fraction of sp³-hybridized carbons (Fsp3) is 0.278. The fourth-order valence-corrected chi connectivity index (χ4v) is 3.28. The van der Waals surface area contributed by atoms with Crippen molar-refractivity contribution in [1.29, 1.82) is 0 Å². The highest BCUT2D eigenvalue weighted by Gasteiger charge is 2.17. The molecule has 29 heavy (non-hydrogen) atoms. The Bertz CT molecular complexity index is 1110. The topological polar surface area (TPSA) is 114 Å². The largest absolute Gasteiger partial charge is 0.493 e. The molecule has 0 aliphatic rings. The molecule has 4 rings (SSSR count). The minimum absolute atomic E-state index is 0.391. The number of para-hydroxylation sites is 1. The third-order valence-corrected chi connectivity index (χ3v) is 4.90. The maximum Gasteiger partial charge on any atom is 0.277 e. The smallest absolute Gasteiger partial charge is 0.277 e. The summed E-state index contributed by atoms with van der Waals surface area (Å²) in [6.45, 7) is 2.39. The van der Waals surface area contributed by atoms with Crippen LogP contribution in [0.15, 0.2) is 44.6 Å². The molecule has 0 saturated heterocycles. The van der Waals surface area contributed by atoms with Gasteiger partial charge in [-0.2, -0.15) is 10.1 Å². The van der Waals surface area contributed by atoms with E-state index in [9.17, 15) is 0 Å². The summed E-state index contributed by atoms with van der Waals surface area (Å²) in [4.78, 5) is 4.42. The molecule has 0 fully saturated rings. The lowest BCUT2D eigenvalue weighted by Crippen LogP contribution is -2.03. The summed E-state index contributed by atoms with van der Waals surface area (Å²) in [6.07, 6.45) is 1.73. The van der Waals surface area contributed by atoms with Crippen molar-refractivity contribution in [2.24, 2.45) is 0 Å². The highest BCUT2D eigenvalue weighted by Crippen LogP contribution is 2.36. The van der Waals surface area contributed by atoms with Crippen LogP contribution in [0.2, 0.25) is 0 Å². The van der Waals surface area contributed by atoms with Gasteiger partial charge in [0.1, 0.15) is 6.54 Å². The van der Waals surface area contributed by atoms with E-state index in [1.165, 1.54) is 11.8 Å².